The molecule has 0 saturated heterocycles. The van der Waals surface area contributed by atoms with Crippen LogP contribution in [0.2, 0.25) is 0 Å². The highest BCUT2D eigenvalue weighted by atomic mass is 16.2. The van der Waals surface area contributed by atoms with Crippen LogP contribution in [0.25, 0.3) is 0 Å². The van der Waals surface area contributed by atoms with E-state index >= 15 is 0 Å². The van der Waals surface area contributed by atoms with E-state index in [1.807, 2.05) is 26.0 Å². The van der Waals surface area contributed by atoms with Gasteiger partial charge in [0, 0.05) is 13.1 Å². The van der Waals surface area contributed by atoms with Crippen molar-refractivity contribution in [2.75, 3.05) is 6.54 Å². The summed E-state index contributed by atoms with van der Waals surface area (Å²) < 4.78 is 0. The number of rotatable bonds is 5. The van der Waals surface area contributed by atoms with Crippen molar-refractivity contribution >= 4 is 11.7 Å². The van der Waals surface area contributed by atoms with Crippen molar-refractivity contribution in [2.24, 2.45) is 5.92 Å². The molecule has 0 radical (unpaired) electrons. The summed E-state index contributed by atoms with van der Waals surface area (Å²) in [6.45, 7) is 7.35. The number of carbonyl (C=O) groups is 2. The Bertz CT molecular complexity index is 486. The predicted molar refractivity (Wildman–Crippen MR) is 78.0 cm³/mol. The second-order valence-corrected chi connectivity index (χ2v) is 5.81. The maximum absolute atomic E-state index is 12.1. The minimum atomic E-state index is -0.382. The lowest BCUT2D eigenvalue weighted by atomic mass is 10.0. The fourth-order valence-corrected chi connectivity index (χ4v) is 2.68. The highest BCUT2D eigenvalue weighted by molar-refractivity contribution is 5.88. The lowest BCUT2D eigenvalue weighted by Gasteiger charge is -2.21. The third kappa shape index (κ3) is 3.45. The van der Waals surface area contributed by atoms with Crippen molar-refractivity contribution in [1.29, 1.82) is 0 Å². The van der Waals surface area contributed by atoms with Gasteiger partial charge >= 0.3 is 0 Å². The van der Waals surface area contributed by atoms with E-state index in [4.69, 9.17) is 0 Å². The summed E-state index contributed by atoms with van der Waals surface area (Å²) in [6, 6.07) is 7.85. The van der Waals surface area contributed by atoms with Crippen LogP contribution in [0.3, 0.4) is 0 Å². The Morgan fingerprint density at radius 3 is 2.20 bits per heavy atom. The van der Waals surface area contributed by atoms with E-state index in [1.165, 1.54) is 18.1 Å². The number of Topliss-reactive ketones (excluding diaryl/α,β-unsaturated/α-hetero) is 1. The van der Waals surface area contributed by atoms with Crippen LogP contribution in [0.15, 0.2) is 24.3 Å². The molecule has 0 bridgehead atoms. The highest BCUT2D eigenvalue weighted by Gasteiger charge is 2.24. The summed E-state index contributed by atoms with van der Waals surface area (Å²) in [5.74, 6) is 0.0528. The highest BCUT2D eigenvalue weighted by Crippen LogP contribution is 2.21. The van der Waals surface area contributed by atoms with Gasteiger partial charge in [-0.1, -0.05) is 38.1 Å². The van der Waals surface area contributed by atoms with E-state index in [-0.39, 0.29) is 23.7 Å². The Labute approximate surface area is 120 Å². The number of nitrogens with one attached hydrogen (secondary N) is 1. The number of hydrogen-bond acceptors (Lipinski definition) is 3. The van der Waals surface area contributed by atoms with Gasteiger partial charge in [0.25, 0.3) is 0 Å². The molecule has 1 heterocycles. The molecule has 1 aromatic carbocycles. The Morgan fingerprint density at radius 2 is 1.75 bits per heavy atom. The Hall–Kier alpha value is -1.68. The average molecular weight is 274 g/mol. The minimum absolute atomic E-state index is 0.0121. The van der Waals surface area contributed by atoms with Gasteiger partial charge in [-0.05, 0) is 24.0 Å². The monoisotopic (exact) mass is 274 g/mol. The summed E-state index contributed by atoms with van der Waals surface area (Å²) in [4.78, 5) is 25.7. The van der Waals surface area contributed by atoms with Gasteiger partial charge in [0.05, 0.1) is 12.6 Å². The first-order valence-corrected chi connectivity index (χ1v) is 7.06. The molecule has 2 rings (SSSR count). The van der Waals surface area contributed by atoms with Gasteiger partial charge in [0.15, 0.2) is 5.78 Å². The predicted octanol–water partition coefficient (Wildman–Crippen LogP) is 1.73. The molecule has 1 atom stereocenters. The second kappa shape index (κ2) is 6.18. The lowest BCUT2D eigenvalue weighted by Crippen LogP contribution is -2.46. The zero-order valence-corrected chi connectivity index (χ0v) is 12.3. The van der Waals surface area contributed by atoms with Crippen molar-refractivity contribution in [1.82, 2.24) is 10.2 Å². The molecule has 0 fully saturated rings. The standard InChI is InChI=1S/C16H22N2O2/c1-11(2)16(12(3)19)17-15(20)10-18-8-13-6-4-5-7-14(13)9-18/h4-7,11,16H,8-10H2,1-3H3,(H,17,20). The fourth-order valence-electron chi connectivity index (χ4n) is 2.68. The first kappa shape index (κ1) is 14.7. The molecule has 0 aromatic heterocycles. The van der Waals surface area contributed by atoms with Crippen LogP contribution in [0, 0.1) is 5.92 Å². The van der Waals surface area contributed by atoms with Crippen LogP contribution in [-0.4, -0.2) is 29.2 Å². The normalized spacial score (nSPS) is 16.0. The Balaban J connectivity index is 1.89. The van der Waals surface area contributed by atoms with Gasteiger partial charge in [-0.2, -0.15) is 0 Å². The van der Waals surface area contributed by atoms with Crippen molar-refractivity contribution < 1.29 is 9.59 Å². The summed E-state index contributed by atoms with van der Waals surface area (Å²) >= 11 is 0. The third-order valence-electron chi connectivity index (χ3n) is 3.69. The molecule has 1 amide bonds. The maximum Gasteiger partial charge on any atom is 0.234 e. The fraction of sp³-hybridized carbons (Fsp3) is 0.500. The molecule has 1 aliphatic rings. The molecule has 1 N–H and O–H groups in total. The molecule has 0 saturated carbocycles. The lowest BCUT2D eigenvalue weighted by molar-refractivity contribution is -0.128. The van der Waals surface area contributed by atoms with Crippen LogP contribution >= 0.6 is 0 Å². The van der Waals surface area contributed by atoms with Gasteiger partial charge in [-0.25, -0.2) is 0 Å². The molecular weight excluding hydrogens is 252 g/mol. The van der Waals surface area contributed by atoms with Gasteiger partial charge in [-0.3, -0.25) is 14.5 Å². The Kier molecular flexibility index (Phi) is 4.55. The number of amides is 1. The maximum atomic E-state index is 12.1. The number of carbonyl (C=O) groups excluding carboxylic acids is 2. The number of ketones is 1. The van der Waals surface area contributed by atoms with Crippen LogP contribution < -0.4 is 5.32 Å². The van der Waals surface area contributed by atoms with Gasteiger partial charge in [0.2, 0.25) is 5.91 Å². The van der Waals surface area contributed by atoms with Crippen molar-refractivity contribution in [3.8, 4) is 0 Å². The molecule has 20 heavy (non-hydrogen) atoms. The van der Waals surface area contributed by atoms with E-state index in [0.29, 0.717) is 6.54 Å². The van der Waals surface area contributed by atoms with E-state index < -0.39 is 0 Å². The third-order valence-corrected chi connectivity index (χ3v) is 3.69. The van der Waals surface area contributed by atoms with E-state index in [1.54, 1.807) is 0 Å². The van der Waals surface area contributed by atoms with Gasteiger partial charge in [-0.15, -0.1) is 0 Å². The van der Waals surface area contributed by atoms with Crippen LogP contribution in [0.4, 0.5) is 0 Å². The summed E-state index contributed by atoms with van der Waals surface area (Å²) in [6.07, 6.45) is 0. The van der Waals surface area contributed by atoms with Gasteiger partial charge in [0.1, 0.15) is 0 Å². The van der Waals surface area contributed by atoms with E-state index in [2.05, 4.69) is 22.3 Å². The molecule has 4 nitrogen and oxygen atoms in total. The first-order valence-electron chi connectivity index (χ1n) is 7.06. The van der Waals surface area contributed by atoms with Crippen molar-refractivity contribution in [3.05, 3.63) is 35.4 Å². The van der Waals surface area contributed by atoms with Gasteiger partial charge < -0.3 is 5.32 Å². The quantitative estimate of drug-likeness (QED) is 0.889. The SMILES string of the molecule is CC(=O)C(NC(=O)CN1Cc2ccccc2C1)C(C)C. The largest absolute Gasteiger partial charge is 0.345 e. The smallest absolute Gasteiger partial charge is 0.234 e. The minimum Gasteiger partial charge on any atom is -0.345 e. The van der Waals surface area contributed by atoms with Crippen molar-refractivity contribution in [3.63, 3.8) is 0 Å². The second-order valence-electron chi connectivity index (χ2n) is 5.81. The molecule has 108 valence electrons. The molecule has 1 unspecified atom stereocenters. The van der Waals surface area contributed by atoms with Crippen LogP contribution in [-0.2, 0) is 22.7 Å². The Morgan fingerprint density at radius 1 is 1.20 bits per heavy atom. The van der Waals surface area contributed by atoms with Crippen LogP contribution in [0.1, 0.15) is 31.9 Å². The summed E-state index contributed by atoms with van der Waals surface area (Å²) in [5, 5.41) is 2.84. The zero-order chi connectivity index (χ0) is 14.7. The molecule has 0 spiro atoms. The number of benzene rings is 1. The van der Waals surface area contributed by atoms with E-state index in [9.17, 15) is 9.59 Å². The summed E-state index contributed by atoms with van der Waals surface area (Å²) in [5.41, 5.74) is 2.57. The van der Waals surface area contributed by atoms with E-state index in [0.717, 1.165) is 13.1 Å². The zero-order valence-electron chi connectivity index (χ0n) is 12.3. The molecule has 1 aliphatic heterocycles. The van der Waals surface area contributed by atoms with Crippen LogP contribution in [0.5, 0.6) is 0 Å². The number of fused-ring (bicyclic) bond motifs is 1. The molecule has 4 heteroatoms. The molecular formula is C16H22N2O2. The summed E-state index contributed by atoms with van der Waals surface area (Å²) in [7, 11) is 0. The number of hydrogen-bond donors (Lipinski definition) is 1. The first-order chi connectivity index (χ1) is 9.47. The topological polar surface area (TPSA) is 49.4 Å². The molecule has 1 aromatic rings. The number of nitrogens with zero attached hydrogens (tertiary/aromatic N) is 1. The molecule has 0 aliphatic carbocycles. The average Bonchev–Trinajstić information content (AvgIpc) is 2.77. The van der Waals surface area contributed by atoms with Crippen molar-refractivity contribution in [2.45, 2.75) is 39.9 Å².